The average molecular weight is 519 g/mol. The van der Waals surface area contributed by atoms with E-state index in [1.165, 1.54) is 34.1 Å². The van der Waals surface area contributed by atoms with Crippen LogP contribution < -0.4 is 14.2 Å². The number of methoxy groups -OCH3 is 1. The van der Waals surface area contributed by atoms with Crippen LogP contribution in [0.5, 0.6) is 11.5 Å². The third kappa shape index (κ3) is 7.56. The van der Waals surface area contributed by atoms with Crippen molar-refractivity contribution in [1.82, 2.24) is 9.71 Å². The summed E-state index contributed by atoms with van der Waals surface area (Å²) in [6.45, 7) is 6.49. The lowest BCUT2D eigenvalue weighted by atomic mass is 10.1. The van der Waals surface area contributed by atoms with Gasteiger partial charge in [-0.25, -0.2) is 13.1 Å². The molecule has 1 amide bonds. The van der Waals surface area contributed by atoms with Gasteiger partial charge in [-0.1, -0.05) is 0 Å². The summed E-state index contributed by atoms with van der Waals surface area (Å²) in [5.74, 6) is -1.22. The molecule has 2 rings (SSSR count). The lowest BCUT2D eigenvalue weighted by Gasteiger charge is -2.22. The van der Waals surface area contributed by atoms with Gasteiger partial charge in [0.2, 0.25) is 10.0 Å². The molecule has 0 fully saturated rings. The summed E-state index contributed by atoms with van der Waals surface area (Å²) in [7, 11) is -2.67. The van der Waals surface area contributed by atoms with Crippen molar-refractivity contribution in [2.45, 2.75) is 51.1 Å². The van der Waals surface area contributed by atoms with Crippen molar-refractivity contribution in [3.63, 3.8) is 0 Å². The van der Waals surface area contributed by atoms with Gasteiger partial charge in [-0.3, -0.25) is 9.78 Å². The summed E-state index contributed by atoms with van der Waals surface area (Å²) in [5.41, 5.74) is -1.35. The molecule has 8 nitrogen and oxygen atoms in total. The maximum absolute atomic E-state index is 13.9. The largest absolute Gasteiger partial charge is 0.492 e. The molecule has 12 heteroatoms. The molecule has 35 heavy (non-hydrogen) atoms. The SMILES string of the molecule is CCOc1ccc(C(CCOC)Oc2ccc(C(=O)NS(=O)(=O)C(C)(C)C)cc2C(F)(F)F)nc1. The van der Waals surface area contributed by atoms with Gasteiger partial charge in [0.1, 0.15) is 17.6 Å². The third-order valence-electron chi connectivity index (χ3n) is 4.83. The molecule has 0 bridgehead atoms. The van der Waals surface area contributed by atoms with Gasteiger partial charge in [0.15, 0.2) is 0 Å². The fourth-order valence-corrected chi connectivity index (χ4v) is 3.48. The highest BCUT2D eigenvalue weighted by atomic mass is 32.2. The Morgan fingerprint density at radius 3 is 2.34 bits per heavy atom. The Balaban J connectivity index is 2.41. The van der Waals surface area contributed by atoms with Crippen LogP contribution in [0.1, 0.15) is 61.8 Å². The van der Waals surface area contributed by atoms with Crippen molar-refractivity contribution in [2.24, 2.45) is 0 Å². The molecule has 0 spiro atoms. The molecule has 0 aliphatic carbocycles. The Morgan fingerprint density at radius 1 is 1.14 bits per heavy atom. The van der Waals surface area contributed by atoms with Crippen LogP contribution in [0, 0.1) is 0 Å². The second kappa shape index (κ2) is 11.3. The van der Waals surface area contributed by atoms with E-state index in [1.54, 1.807) is 19.1 Å². The molecule has 0 aliphatic heterocycles. The number of halogens is 3. The van der Waals surface area contributed by atoms with Crippen LogP contribution in [0.25, 0.3) is 0 Å². The van der Waals surface area contributed by atoms with Gasteiger partial charge in [0.05, 0.1) is 35.4 Å². The van der Waals surface area contributed by atoms with Crippen molar-refractivity contribution in [2.75, 3.05) is 20.3 Å². The Kier molecular flexibility index (Phi) is 9.12. The number of alkyl halides is 3. The van der Waals surface area contributed by atoms with Gasteiger partial charge >= 0.3 is 6.18 Å². The van der Waals surface area contributed by atoms with Gasteiger partial charge in [-0.2, -0.15) is 13.2 Å². The van der Waals surface area contributed by atoms with Crippen LogP contribution in [0.3, 0.4) is 0 Å². The van der Waals surface area contributed by atoms with E-state index in [0.717, 1.165) is 12.1 Å². The molecule has 0 saturated heterocycles. The summed E-state index contributed by atoms with van der Waals surface area (Å²) in [6, 6.07) is 5.81. The zero-order chi connectivity index (χ0) is 26.4. The third-order valence-corrected chi connectivity index (χ3v) is 6.90. The predicted octanol–water partition coefficient (Wildman–Crippen LogP) is 4.51. The number of nitrogens with one attached hydrogen (secondary N) is 1. The highest BCUT2D eigenvalue weighted by Crippen LogP contribution is 2.39. The normalized spacial score (nSPS) is 13.3. The second-order valence-corrected chi connectivity index (χ2v) is 10.9. The molecule has 0 saturated carbocycles. The minimum atomic E-state index is -4.88. The number of pyridine rings is 1. The van der Waals surface area contributed by atoms with Crippen molar-refractivity contribution in [3.8, 4) is 11.5 Å². The number of nitrogens with zero attached hydrogens (tertiary/aromatic N) is 1. The first kappa shape index (κ1) is 28.4. The van der Waals surface area contributed by atoms with Crippen molar-refractivity contribution < 1.29 is 40.6 Å². The first-order valence-corrected chi connectivity index (χ1v) is 12.2. The van der Waals surface area contributed by atoms with Crippen LogP contribution in [-0.4, -0.2) is 44.4 Å². The Morgan fingerprint density at radius 2 is 1.83 bits per heavy atom. The quantitative estimate of drug-likeness (QED) is 0.493. The number of ether oxygens (including phenoxy) is 3. The summed E-state index contributed by atoms with van der Waals surface area (Å²) in [4.78, 5) is 16.7. The van der Waals surface area contributed by atoms with Gasteiger partial charge in [0, 0.05) is 19.1 Å². The van der Waals surface area contributed by atoms with E-state index in [2.05, 4.69) is 4.98 Å². The van der Waals surface area contributed by atoms with Crippen LogP contribution >= 0.6 is 0 Å². The molecule has 1 unspecified atom stereocenters. The van der Waals surface area contributed by atoms with Crippen LogP contribution in [-0.2, 0) is 20.9 Å². The van der Waals surface area contributed by atoms with E-state index in [0.29, 0.717) is 24.1 Å². The highest BCUT2D eigenvalue weighted by molar-refractivity contribution is 7.91. The topological polar surface area (TPSA) is 104 Å². The molecule has 1 N–H and O–H groups in total. The molecule has 1 aromatic heterocycles. The summed E-state index contributed by atoms with van der Waals surface area (Å²) < 4.78 is 82.7. The Bertz CT molecular complexity index is 1110. The van der Waals surface area contributed by atoms with E-state index in [-0.39, 0.29) is 13.0 Å². The minimum absolute atomic E-state index is 0.187. The monoisotopic (exact) mass is 518 g/mol. The van der Waals surface area contributed by atoms with Gasteiger partial charge < -0.3 is 14.2 Å². The zero-order valence-corrected chi connectivity index (χ0v) is 20.9. The number of amides is 1. The predicted molar refractivity (Wildman–Crippen MR) is 123 cm³/mol. The molecule has 0 radical (unpaired) electrons. The van der Waals surface area contributed by atoms with Crippen molar-refractivity contribution in [1.29, 1.82) is 0 Å². The maximum Gasteiger partial charge on any atom is 0.419 e. The highest BCUT2D eigenvalue weighted by Gasteiger charge is 2.37. The lowest BCUT2D eigenvalue weighted by Crippen LogP contribution is -2.42. The van der Waals surface area contributed by atoms with Crippen molar-refractivity contribution in [3.05, 3.63) is 53.3 Å². The smallest absolute Gasteiger partial charge is 0.419 e. The lowest BCUT2D eigenvalue weighted by molar-refractivity contribution is -0.139. The molecule has 0 aliphatic rings. The zero-order valence-electron chi connectivity index (χ0n) is 20.1. The number of benzene rings is 1. The number of hydrogen-bond donors (Lipinski definition) is 1. The van der Waals surface area contributed by atoms with E-state index in [4.69, 9.17) is 14.2 Å². The van der Waals surface area contributed by atoms with Crippen LogP contribution in [0.4, 0.5) is 13.2 Å². The summed E-state index contributed by atoms with van der Waals surface area (Å²) in [6.07, 6.45) is -4.14. The molecule has 1 atom stereocenters. The van der Waals surface area contributed by atoms with E-state index in [9.17, 15) is 26.4 Å². The van der Waals surface area contributed by atoms with Gasteiger partial charge in [0.25, 0.3) is 5.91 Å². The summed E-state index contributed by atoms with van der Waals surface area (Å²) in [5, 5.41) is 0. The van der Waals surface area contributed by atoms with Gasteiger partial charge in [-0.05, 0) is 58.0 Å². The first-order chi connectivity index (χ1) is 16.2. The molecular formula is C23H29F3N2O6S. The number of hydrogen-bond acceptors (Lipinski definition) is 7. The number of carbonyl (C=O) groups is 1. The standard InChI is InChI=1S/C23H29F3N2O6S/c1-6-33-16-8-9-18(27-14-16)20(11-12-32-5)34-19-10-7-15(13-17(19)23(24,25)26)21(29)28-35(30,31)22(2,3)4/h7-10,13-14,20H,6,11-12H2,1-5H3,(H,28,29). The fourth-order valence-electron chi connectivity index (χ4n) is 2.81. The fraction of sp³-hybridized carbons (Fsp3) is 0.478. The average Bonchev–Trinajstić information content (AvgIpc) is 2.75. The molecule has 194 valence electrons. The molecular weight excluding hydrogens is 489 g/mol. The first-order valence-electron chi connectivity index (χ1n) is 10.7. The van der Waals surface area contributed by atoms with E-state index < -0.39 is 49.8 Å². The number of carbonyl (C=O) groups excluding carboxylic acids is 1. The maximum atomic E-state index is 13.9. The van der Waals surface area contributed by atoms with Gasteiger partial charge in [-0.15, -0.1) is 0 Å². The second-order valence-electron chi connectivity index (χ2n) is 8.50. The summed E-state index contributed by atoms with van der Waals surface area (Å²) >= 11 is 0. The number of sulfonamides is 1. The van der Waals surface area contributed by atoms with Crippen LogP contribution in [0.2, 0.25) is 0 Å². The van der Waals surface area contributed by atoms with Crippen molar-refractivity contribution >= 4 is 15.9 Å². The van der Waals surface area contributed by atoms with E-state index in [1.807, 2.05) is 4.72 Å². The molecule has 1 aromatic carbocycles. The minimum Gasteiger partial charge on any atom is -0.492 e. The molecule has 2 aromatic rings. The van der Waals surface area contributed by atoms with Crippen LogP contribution in [0.15, 0.2) is 36.5 Å². The number of aromatic nitrogens is 1. The Labute approximate surface area is 202 Å². The Hall–Kier alpha value is -2.86. The number of rotatable bonds is 10. The molecule has 1 heterocycles. The van der Waals surface area contributed by atoms with E-state index >= 15 is 0 Å².